The Hall–Kier alpha value is -1.95. The molecule has 3 rings (SSSR count). The van der Waals surface area contributed by atoms with E-state index in [0.29, 0.717) is 31.5 Å². The summed E-state index contributed by atoms with van der Waals surface area (Å²) in [5, 5.41) is 6.12. The Morgan fingerprint density at radius 2 is 2.17 bits per heavy atom. The van der Waals surface area contributed by atoms with Gasteiger partial charge in [-0.15, -0.1) is 0 Å². The average molecular weight is 319 g/mol. The highest BCUT2D eigenvalue weighted by atomic mass is 19.1. The lowest BCUT2D eigenvalue weighted by atomic mass is 10.1. The summed E-state index contributed by atoms with van der Waals surface area (Å²) in [7, 11) is 0. The molecule has 0 bridgehead atoms. The maximum absolute atomic E-state index is 13.6. The van der Waals surface area contributed by atoms with Crippen LogP contribution in [-0.4, -0.2) is 41.4 Å². The van der Waals surface area contributed by atoms with Crippen molar-refractivity contribution < 1.29 is 14.0 Å². The Morgan fingerprint density at radius 1 is 1.39 bits per heavy atom. The van der Waals surface area contributed by atoms with Gasteiger partial charge in [0.15, 0.2) is 0 Å². The lowest BCUT2D eigenvalue weighted by Gasteiger charge is -2.33. The normalized spacial score (nSPS) is 27.1. The van der Waals surface area contributed by atoms with Crippen LogP contribution in [0.4, 0.5) is 4.39 Å². The Morgan fingerprint density at radius 3 is 2.87 bits per heavy atom. The fourth-order valence-electron chi connectivity index (χ4n) is 3.29. The van der Waals surface area contributed by atoms with E-state index in [1.807, 2.05) is 13.0 Å². The SMILES string of the molecule is CC[C@@H]1NC(=O)[C@@H]2C[C@H](NCc3ccc(C)c(F)c3)CN2C1=O. The largest absolute Gasteiger partial charge is 0.343 e. The molecule has 0 unspecified atom stereocenters. The minimum atomic E-state index is -0.399. The van der Waals surface area contributed by atoms with E-state index in [4.69, 9.17) is 0 Å². The molecule has 2 N–H and O–H groups in total. The first-order chi connectivity index (χ1) is 11.0. The summed E-state index contributed by atoms with van der Waals surface area (Å²) in [6, 6.07) is 4.44. The third-order valence-electron chi connectivity index (χ3n) is 4.74. The number of carbonyl (C=O) groups excluding carboxylic acids is 2. The molecule has 2 aliphatic heterocycles. The summed E-state index contributed by atoms with van der Waals surface area (Å²) in [5.74, 6) is -0.279. The van der Waals surface area contributed by atoms with Crippen molar-refractivity contribution in [3.05, 3.63) is 35.1 Å². The van der Waals surface area contributed by atoms with Crippen molar-refractivity contribution in [2.24, 2.45) is 0 Å². The van der Waals surface area contributed by atoms with Crippen LogP contribution in [0, 0.1) is 12.7 Å². The molecule has 1 aromatic carbocycles. The zero-order chi connectivity index (χ0) is 16.6. The third kappa shape index (κ3) is 3.08. The standard InChI is InChI=1S/C17H22FN3O2/c1-3-14-17(23)21-9-12(7-15(21)16(22)20-14)19-8-11-5-4-10(2)13(18)6-11/h4-6,12,14-15,19H,3,7-9H2,1-2H3,(H,20,22)/t12-,14-,15-/m0/s1. The number of hydrogen-bond acceptors (Lipinski definition) is 3. The van der Waals surface area contributed by atoms with Crippen LogP contribution in [-0.2, 0) is 16.1 Å². The number of amides is 2. The van der Waals surface area contributed by atoms with Crippen molar-refractivity contribution in [2.45, 2.75) is 51.4 Å². The van der Waals surface area contributed by atoms with E-state index in [0.717, 1.165) is 5.56 Å². The number of halogens is 1. The Balaban J connectivity index is 1.62. The highest BCUT2D eigenvalue weighted by molar-refractivity contribution is 5.97. The first kappa shape index (κ1) is 15.9. The second-order valence-corrected chi connectivity index (χ2v) is 6.37. The molecule has 0 aromatic heterocycles. The lowest BCUT2D eigenvalue weighted by molar-refractivity contribution is -0.147. The van der Waals surface area contributed by atoms with Gasteiger partial charge in [0.1, 0.15) is 17.9 Å². The lowest BCUT2D eigenvalue weighted by Crippen LogP contribution is -2.60. The van der Waals surface area contributed by atoms with Crippen molar-refractivity contribution in [1.82, 2.24) is 15.5 Å². The highest BCUT2D eigenvalue weighted by Gasteiger charge is 2.45. The van der Waals surface area contributed by atoms with Gasteiger partial charge in [-0.1, -0.05) is 19.1 Å². The minimum Gasteiger partial charge on any atom is -0.343 e. The number of piperazine rings is 1. The number of rotatable bonds is 4. The predicted molar refractivity (Wildman–Crippen MR) is 84.1 cm³/mol. The van der Waals surface area contributed by atoms with Crippen molar-refractivity contribution in [1.29, 1.82) is 0 Å². The molecular formula is C17H22FN3O2. The number of hydrogen-bond donors (Lipinski definition) is 2. The van der Waals surface area contributed by atoms with Gasteiger partial charge in [0, 0.05) is 19.1 Å². The van der Waals surface area contributed by atoms with E-state index < -0.39 is 6.04 Å². The van der Waals surface area contributed by atoms with Gasteiger partial charge < -0.3 is 15.5 Å². The van der Waals surface area contributed by atoms with Crippen LogP contribution in [0.1, 0.15) is 30.9 Å². The molecule has 0 saturated carbocycles. The molecule has 6 heteroatoms. The Labute approximate surface area is 135 Å². The second-order valence-electron chi connectivity index (χ2n) is 6.37. The number of aryl methyl sites for hydroxylation is 1. The molecular weight excluding hydrogens is 297 g/mol. The maximum Gasteiger partial charge on any atom is 0.245 e. The predicted octanol–water partition coefficient (Wildman–Crippen LogP) is 1.10. The molecule has 5 nitrogen and oxygen atoms in total. The average Bonchev–Trinajstić information content (AvgIpc) is 2.97. The van der Waals surface area contributed by atoms with Gasteiger partial charge in [0.25, 0.3) is 0 Å². The van der Waals surface area contributed by atoms with Gasteiger partial charge >= 0.3 is 0 Å². The zero-order valence-electron chi connectivity index (χ0n) is 13.4. The van der Waals surface area contributed by atoms with Gasteiger partial charge in [-0.3, -0.25) is 9.59 Å². The quantitative estimate of drug-likeness (QED) is 0.874. The molecule has 2 saturated heterocycles. The van der Waals surface area contributed by atoms with Crippen molar-refractivity contribution in [2.75, 3.05) is 6.54 Å². The molecule has 2 amide bonds. The molecule has 0 aliphatic carbocycles. The van der Waals surface area contributed by atoms with Gasteiger partial charge in [-0.25, -0.2) is 4.39 Å². The minimum absolute atomic E-state index is 0.00257. The maximum atomic E-state index is 13.6. The van der Waals surface area contributed by atoms with Crippen LogP contribution in [0.3, 0.4) is 0 Å². The van der Waals surface area contributed by atoms with Crippen molar-refractivity contribution in [3.63, 3.8) is 0 Å². The van der Waals surface area contributed by atoms with E-state index in [9.17, 15) is 14.0 Å². The number of fused-ring (bicyclic) bond motifs is 1. The molecule has 2 heterocycles. The van der Waals surface area contributed by atoms with Gasteiger partial charge in [-0.2, -0.15) is 0 Å². The van der Waals surface area contributed by atoms with Crippen molar-refractivity contribution >= 4 is 11.8 Å². The van der Waals surface area contributed by atoms with E-state index in [-0.39, 0.29) is 29.7 Å². The first-order valence-electron chi connectivity index (χ1n) is 8.09. The van der Waals surface area contributed by atoms with Crippen LogP contribution >= 0.6 is 0 Å². The van der Waals surface area contributed by atoms with E-state index in [1.165, 1.54) is 6.07 Å². The molecule has 3 atom stereocenters. The van der Waals surface area contributed by atoms with Gasteiger partial charge in [-0.05, 0) is 37.0 Å². The fourth-order valence-corrected chi connectivity index (χ4v) is 3.29. The molecule has 0 radical (unpaired) electrons. The Bertz CT molecular complexity index is 634. The van der Waals surface area contributed by atoms with E-state index in [2.05, 4.69) is 10.6 Å². The molecule has 2 fully saturated rings. The highest BCUT2D eigenvalue weighted by Crippen LogP contribution is 2.23. The van der Waals surface area contributed by atoms with Gasteiger partial charge in [0.2, 0.25) is 11.8 Å². The second kappa shape index (κ2) is 6.28. The van der Waals surface area contributed by atoms with Crippen LogP contribution in [0.2, 0.25) is 0 Å². The smallest absolute Gasteiger partial charge is 0.245 e. The van der Waals surface area contributed by atoms with E-state index >= 15 is 0 Å². The Kier molecular flexibility index (Phi) is 4.35. The van der Waals surface area contributed by atoms with Crippen LogP contribution < -0.4 is 10.6 Å². The molecule has 23 heavy (non-hydrogen) atoms. The summed E-state index contributed by atoms with van der Waals surface area (Å²) in [5.41, 5.74) is 1.49. The monoisotopic (exact) mass is 319 g/mol. The summed E-state index contributed by atoms with van der Waals surface area (Å²) in [6.07, 6.45) is 1.21. The van der Waals surface area contributed by atoms with Crippen molar-refractivity contribution in [3.8, 4) is 0 Å². The van der Waals surface area contributed by atoms with Gasteiger partial charge in [0.05, 0.1) is 0 Å². The number of nitrogens with zero attached hydrogens (tertiary/aromatic N) is 1. The number of nitrogens with one attached hydrogen (secondary N) is 2. The summed E-state index contributed by atoms with van der Waals surface area (Å²) >= 11 is 0. The summed E-state index contributed by atoms with van der Waals surface area (Å²) in [6.45, 7) is 4.67. The summed E-state index contributed by atoms with van der Waals surface area (Å²) < 4.78 is 13.6. The molecule has 124 valence electrons. The topological polar surface area (TPSA) is 61.4 Å². The third-order valence-corrected chi connectivity index (χ3v) is 4.74. The van der Waals surface area contributed by atoms with E-state index in [1.54, 1.807) is 17.9 Å². The fraction of sp³-hybridized carbons (Fsp3) is 0.529. The number of benzene rings is 1. The first-order valence-corrected chi connectivity index (χ1v) is 8.09. The molecule has 1 aromatic rings. The molecule has 2 aliphatic rings. The molecule has 0 spiro atoms. The van der Waals surface area contributed by atoms with Crippen LogP contribution in [0.15, 0.2) is 18.2 Å². The van der Waals surface area contributed by atoms with Crippen LogP contribution in [0.5, 0.6) is 0 Å². The number of carbonyl (C=O) groups is 2. The summed E-state index contributed by atoms with van der Waals surface area (Å²) in [4.78, 5) is 26.1. The zero-order valence-corrected chi connectivity index (χ0v) is 13.4. The van der Waals surface area contributed by atoms with Crippen LogP contribution in [0.25, 0.3) is 0 Å².